The Morgan fingerprint density at radius 3 is 2.47 bits per heavy atom. The number of aromatic nitrogens is 3. The zero-order chi connectivity index (χ0) is 22.1. The predicted octanol–water partition coefficient (Wildman–Crippen LogP) is 4.77. The largest absolute Gasteiger partial charge is 0.273 e. The molecule has 3 heterocycles. The number of pyridine rings is 1. The van der Waals surface area contributed by atoms with Crippen LogP contribution in [0.3, 0.4) is 0 Å². The van der Waals surface area contributed by atoms with Crippen LogP contribution >= 0.6 is 0 Å². The number of halogens is 1. The first-order valence-electron chi connectivity index (χ1n) is 10.3. The summed E-state index contributed by atoms with van der Waals surface area (Å²) in [7, 11) is 0. The lowest BCUT2D eigenvalue weighted by atomic mass is 9.97. The average molecular weight is 425 g/mol. The van der Waals surface area contributed by atoms with E-state index < -0.39 is 0 Å². The topological polar surface area (TPSA) is 63.4 Å². The summed E-state index contributed by atoms with van der Waals surface area (Å²) in [6.45, 7) is 1.50. The van der Waals surface area contributed by atoms with Crippen molar-refractivity contribution in [3.63, 3.8) is 0 Å². The third-order valence-corrected chi connectivity index (χ3v) is 5.47. The van der Waals surface area contributed by atoms with Crippen LogP contribution in [0.5, 0.6) is 0 Å². The number of carbonyl (C=O) groups is 1. The lowest BCUT2D eigenvalue weighted by molar-refractivity contribution is -0.130. The van der Waals surface area contributed by atoms with Gasteiger partial charge in [-0.2, -0.15) is 10.2 Å². The van der Waals surface area contributed by atoms with Crippen LogP contribution in [0.1, 0.15) is 30.5 Å². The van der Waals surface area contributed by atoms with Crippen LogP contribution in [-0.4, -0.2) is 31.4 Å². The van der Waals surface area contributed by atoms with Gasteiger partial charge in [0.05, 0.1) is 23.1 Å². The molecule has 2 aromatic heterocycles. The van der Waals surface area contributed by atoms with Gasteiger partial charge in [0.15, 0.2) is 0 Å². The molecule has 0 spiro atoms. The molecule has 1 aliphatic rings. The summed E-state index contributed by atoms with van der Waals surface area (Å²) < 4.78 is 15.4. The maximum atomic E-state index is 13.6. The molecule has 32 heavy (non-hydrogen) atoms. The number of amides is 1. The molecular weight excluding hydrogens is 405 g/mol. The predicted molar refractivity (Wildman–Crippen MR) is 120 cm³/mol. The van der Waals surface area contributed by atoms with E-state index in [0.717, 1.165) is 28.1 Å². The SMILES string of the molecule is CC(=O)N1N=C(c2cccnc2)CC1c1cn(-c2ccccc2)nc1-c1ccc(F)cc1. The second kappa shape index (κ2) is 8.19. The molecule has 5 rings (SSSR count). The molecule has 0 aliphatic carbocycles. The van der Waals surface area contributed by atoms with Crippen LogP contribution in [-0.2, 0) is 4.79 Å². The molecule has 0 saturated heterocycles. The van der Waals surface area contributed by atoms with E-state index in [1.165, 1.54) is 24.1 Å². The van der Waals surface area contributed by atoms with Crippen molar-refractivity contribution in [1.82, 2.24) is 19.8 Å². The molecule has 0 radical (unpaired) electrons. The van der Waals surface area contributed by atoms with E-state index in [1.54, 1.807) is 29.2 Å². The molecule has 1 unspecified atom stereocenters. The lowest BCUT2D eigenvalue weighted by Gasteiger charge is -2.20. The maximum absolute atomic E-state index is 13.6. The highest BCUT2D eigenvalue weighted by atomic mass is 19.1. The van der Waals surface area contributed by atoms with Crippen molar-refractivity contribution in [3.8, 4) is 16.9 Å². The van der Waals surface area contributed by atoms with Gasteiger partial charge in [0.25, 0.3) is 0 Å². The summed E-state index contributed by atoms with van der Waals surface area (Å²) in [6, 6.07) is 19.4. The van der Waals surface area contributed by atoms with Crippen LogP contribution < -0.4 is 0 Å². The summed E-state index contributed by atoms with van der Waals surface area (Å²) in [6.07, 6.45) is 5.90. The van der Waals surface area contributed by atoms with Crippen LogP contribution in [0.4, 0.5) is 4.39 Å². The van der Waals surface area contributed by atoms with Gasteiger partial charge in [0.2, 0.25) is 5.91 Å². The Kier molecular flexibility index (Phi) is 5.07. The molecule has 1 amide bonds. The summed E-state index contributed by atoms with van der Waals surface area (Å²) in [5.74, 6) is -0.474. The van der Waals surface area contributed by atoms with Gasteiger partial charge in [0.1, 0.15) is 5.82 Å². The van der Waals surface area contributed by atoms with Gasteiger partial charge < -0.3 is 0 Å². The fraction of sp³-hybridized carbons (Fsp3) is 0.120. The fourth-order valence-corrected chi connectivity index (χ4v) is 3.93. The minimum Gasteiger partial charge on any atom is -0.273 e. The van der Waals surface area contributed by atoms with E-state index in [1.807, 2.05) is 48.7 Å². The van der Waals surface area contributed by atoms with Crippen molar-refractivity contribution < 1.29 is 9.18 Å². The molecule has 6 nitrogen and oxygen atoms in total. The molecular formula is C25H20FN5O. The van der Waals surface area contributed by atoms with Gasteiger partial charge in [-0.15, -0.1) is 0 Å². The quantitative estimate of drug-likeness (QED) is 0.473. The minimum atomic E-state index is -0.333. The van der Waals surface area contributed by atoms with Gasteiger partial charge in [-0.3, -0.25) is 9.78 Å². The van der Waals surface area contributed by atoms with Gasteiger partial charge >= 0.3 is 0 Å². The van der Waals surface area contributed by atoms with E-state index in [-0.39, 0.29) is 17.8 Å². The molecule has 0 N–H and O–H groups in total. The smallest absolute Gasteiger partial charge is 0.240 e. The van der Waals surface area contributed by atoms with Gasteiger partial charge in [-0.25, -0.2) is 14.1 Å². The van der Waals surface area contributed by atoms with E-state index >= 15 is 0 Å². The standard InChI is InChI=1S/C25H20FN5O/c1-17(32)31-24(14-23(28-31)19-6-5-13-27-15-19)22-16-30(21-7-3-2-4-8-21)29-25(22)18-9-11-20(26)12-10-18/h2-13,15-16,24H,14H2,1H3. The molecule has 4 aromatic rings. The summed E-state index contributed by atoms with van der Waals surface area (Å²) in [5.41, 5.74) is 4.86. The van der Waals surface area contributed by atoms with Crippen molar-refractivity contribution in [2.45, 2.75) is 19.4 Å². The first-order chi connectivity index (χ1) is 15.6. The monoisotopic (exact) mass is 425 g/mol. The fourth-order valence-electron chi connectivity index (χ4n) is 3.93. The number of nitrogens with zero attached hydrogens (tertiary/aromatic N) is 5. The Morgan fingerprint density at radius 2 is 1.78 bits per heavy atom. The van der Waals surface area contributed by atoms with E-state index in [0.29, 0.717) is 12.1 Å². The third-order valence-electron chi connectivity index (χ3n) is 5.47. The third kappa shape index (κ3) is 3.69. The Bertz CT molecular complexity index is 1280. The molecule has 7 heteroatoms. The van der Waals surface area contributed by atoms with Crippen LogP contribution in [0, 0.1) is 5.82 Å². The zero-order valence-corrected chi connectivity index (χ0v) is 17.4. The van der Waals surface area contributed by atoms with Crippen molar-refractivity contribution >= 4 is 11.6 Å². The van der Waals surface area contributed by atoms with E-state index in [9.17, 15) is 9.18 Å². The molecule has 2 aromatic carbocycles. The lowest BCUT2D eigenvalue weighted by Crippen LogP contribution is -2.24. The van der Waals surface area contributed by atoms with Crippen molar-refractivity contribution in [3.05, 3.63) is 102 Å². The van der Waals surface area contributed by atoms with Crippen LogP contribution in [0.15, 0.2) is 90.4 Å². The Labute approximate surface area is 184 Å². The normalized spacial score (nSPS) is 15.6. The maximum Gasteiger partial charge on any atom is 0.240 e. The second-order valence-electron chi connectivity index (χ2n) is 7.59. The van der Waals surface area contributed by atoms with E-state index in [2.05, 4.69) is 10.1 Å². The first kappa shape index (κ1) is 19.8. The number of rotatable bonds is 4. The highest BCUT2D eigenvalue weighted by Crippen LogP contribution is 2.38. The zero-order valence-electron chi connectivity index (χ0n) is 17.4. The van der Waals surface area contributed by atoms with Crippen LogP contribution in [0.25, 0.3) is 16.9 Å². The first-order valence-corrected chi connectivity index (χ1v) is 10.3. The van der Waals surface area contributed by atoms with Crippen molar-refractivity contribution in [2.24, 2.45) is 5.10 Å². The number of carbonyl (C=O) groups excluding carboxylic acids is 1. The number of para-hydroxylation sites is 1. The Morgan fingerprint density at radius 1 is 1.00 bits per heavy atom. The van der Waals surface area contributed by atoms with Crippen molar-refractivity contribution in [1.29, 1.82) is 0 Å². The Hall–Kier alpha value is -4.13. The number of hydrazone groups is 1. The van der Waals surface area contributed by atoms with Crippen LogP contribution in [0.2, 0.25) is 0 Å². The number of hydrogen-bond acceptors (Lipinski definition) is 4. The molecule has 0 fully saturated rings. The second-order valence-corrected chi connectivity index (χ2v) is 7.59. The van der Waals surface area contributed by atoms with Crippen molar-refractivity contribution in [2.75, 3.05) is 0 Å². The summed E-state index contributed by atoms with van der Waals surface area (Å²) in [5, 5.41) is 10.9. The van der Waals surface area contributed by atoms with E-state index in [4.69, 9.17) is 5.10 Å². The Balaban J connectivity index is 1.62. The summed E-state index contributed by atoms with van der Waals surface area (Å²) >= 11 is 0. The minimum absolute atomic E-state index is 0.161. The average Bonchev–Trinajstić information content (AvgIpc) is 3.46. The molecule has 1 atom stereocenters. The summed E-state index contributed by atoms with van der Waals surface area (Å²) in [4.78, 5) is 16.7. The number of hydrogen-bond donors (Lipinski definition) is 0. The highest BCUT2D eigenvalue weighted by molar-refractivity contribution is 6.03. The molecule has 158 valence electrons. The van der Waals surface area contributed by atoms with Gasteiger partial charge in [0, 0.05) is 48.6 Å². The highest BCUT2D eigenvalue weighted by Gasteiger charge is 2.34. The van der Waals surface area contributed by atoms with Gasteiger partial charge in [-0.05, 0) is 42.5 Å². The van der Waals surface area contributed by atoms with Gasteiger partial charge in [-0.1, -0.05) is 24.3 Å². The number of benzene rings is 2. The molecule has 0 bridgehead atoms. The molecule has 0 saturated carbocycles. The molecule has 1 aliphatic heterocycles.